The van der Waals surface area contributed by atoms with Gasteiger partial charge in [-0.2, -0.15) is 0 Å². The van der Waals surface area contributed by atoms with E-state index in [1.165, 1.54) is 0 Å². The quantitative estimate of drug-likeness (QED) is 0.797. The average Bonchev–Trinajstić information content (AvgIpc) is 2.51. The molecule has 0 heterocycles. The second kappa shape index (κ2) is 8.52. The lowest BCUT2D eigenvalue weighted by atomic mass is 10.1. The van der Waals surface area contributed by atoms with E-state index in [9.17, 15) is 4.79 Å². The number of hydrogen-bond donors (Lipinski definition) is 1. The third-order valence-electron chi connectivity index (χ3n) is 3.62. The van der Waals surface area contributed by atoms with Crippen LogP contribution >= 0.6 is 0 Å². The number of hydrogen-bond acceptors (Lipinski definition) is 4. The van der Waals surface area contributed by atoms with Crippen LogP contribution in [0.3, 0.4) is 0 Å². The smallest absolute Gasteiger partial charge is 0.251 e. The maximum absolute atomic E-state index is 12.2. The minimum Gasteiger partial charge on any atom is -0.496 e. The second-order valence-electron chi connectivity index (χ2n) is 4.79. The number of likely N-dealkylation sites (N-methyl/N-ethyl adjacent to an activating group) is 1. The van der Waals surface area contributed by atoms with Crippen LogP contribution in [0.25, 0.3) is 0 Å². The van der Waals surface area contributed by atoms with Crippen molar-refractivity contribution in [3.05, 3.63) is 23.3 Å². The Labute approximate surface area is 127 Å². The first kappa shape index (κ1) is 17.3. The van der Waals surface area contributed by atoms with Crippen molar-refractivity contribution in [3.8, 4) is 11.5 Å². The van der Waals surface area contributed by atoms with Crippen LogP contribution in [-0.2, 0) is 0 Å². The fraction of sp³-hybridized carbons (Fsp3) is 0.562. The SMILES string of the molecule is CCN(CC)CCNC(=O)c1cc(OC)c(C)c(OC)c1. The Bertz CT molecular complexity index is 446. The Morgan fingerprint density at radius 3 is 2.10 bits per heavy atom. The zero-order chi connectivity index (χ0) is 15.8. The number of carbonyl (C=O) groups excluding carboxylic acids is 1. The van der Waals surface area contributed by atoms with Crippen molar-refractivity contribution >= 4 is 5.91 Å². The number of carbonyl (C=O) groups is 1. The Kier molecular flexibility index (Phi) is 7.02. The van der Waals surface area contributed by atoms with E-state index in [1.807, 2.05) is 6.92 Å². The summed E-state index contributed by atoms with van der Waals surface area (Å²) in [5.41, 5.74) is 1.44. The highest BCUT2D eigenvalue weighted by Gasteiger charge is 2.13. The van der Waals surface area contributed by atoms with Gasteiger partial charge in [0.2, 0.25) is 0 Å². The van der Waals surface area contributed by atoms with Gasteiger partial charge in [0.15, 0.2) is 0 Å². The fourth-order valence-electron chi connectivity index (χ4n) is 2.19. The number of nitrogens with one attached hydrogen (secondary N) is 1. The molecule has 0 fully saturated rings. The lowest BCUT2D eigenvalue weighted by Gasteiger charge is -2.18. The molecule has 0 saturated carbocycles. The summed E-state index contributed by atoms with van der Waals surface area (Å²) in [6.07, 6.45) is 0. The van der Waals surface area contributed by atoms with Crippen LogP contribution < -0.4 is 14.8 Å². The van der Waals surface area contributed by atoms with E-state index in [1.54, 1.807) is 26.4 Å². The minimum absolute atomic E-state index is 0.112. The van der Waals surface area contributed by atoms with Crippen molar-refractivity contribution in [1.82, 2.24) is 10.2 Å². The van der Waals surface area contributed by atoms with Gasteiger partial charge in [0.1, 0.15) is 11.5 Å². The zero-order valence-corrected chi connectivity index (χ0v) is 13.7. The van der Waals surface area contributed by atoms with Crippen molar-refractivity contribution < 1.29 is 14.3 Å². The standard InChI is InChI=1S/C16H26N2O3/c1-6-18(7-2)9-8-17-16(19)13-10-14(20-4)12(3)15(11-13)21-5/h10-11H,6-9H2,1-5H3,(H,17,19). The van der Waals surface area contributed by atoms with E-state index in [0.717, 1.165) is 25.2 Å². The van der Waals surface area contributed by atoms with Crippen LogP contribution in [0.15, 0.2) is 12.1 Å². The summed E-state index contributed by atoms with van der Waals surface area (Å²) in [5.74, 6) is 1.20. The third-order valence-corrected chi connectivity index (χ3v) is 3.62. The van der Waals surface area contributed by atoms with Crippen LogP contribution in [0.4, 0.5) is 0 Å². The summed E-state index contributed by atoms with van der Waals surface area (Å²) in [6.45, 7) is 9.57. The zero-order valence-electron chi connectivity index (χ0n) is 13.7. The topological polar surface area (TPSA) is 50.8 Å². The highest BCUT2D eigenvalue weighted by Crippen LogP contribution is 2.29. The molecule has 21 heavy (non-hydrogen) atoms. The molecular weight excluding hydrogens is 268 g/mol. The fourth-order valence-corrected chi connectivity index (χ4v) is 2.19. The first-order valence-electron chi connectivity index (χ1n) is 7.30. The van der Waals surface area contributed by atoms with E-state index in [0.29, 0.717) is 23.6 Å². The van der Waals surface area contributed by atoms with Crippen molar-refractivity contribution in [2.24, 2.45) is 0 Å². The van der Waals surface area contributed by atoms with E-state index < -0.39 is 0 Å². The Balaban J connectivity index is 2.74. The summed E-state index contributed by atoms with van der Waals surface area (Å²) in [4.78, 5) is 14.5. The molecule has 0 aromatic heterocycles. The maximum Gasteiger partial charge on any atom is 0.251 e. The van der Waals surface area contributed by atoms with Crippen LogP contribution in [-0.4, -0.2) is 51.2 Å². The van der Waals surface area contributed by atoms with Gasteiger partial charge in [-0.1, -0.05) is 13.8 Å². The van der Waals surface area contributed by atoms with Gasteiger partial charge in [-0.3, -0.25) is 4.79 Å². The minimum atomic E-state index is -0.112. The first-order chi connectivity index (χ1) is 10.1. The molecule has 0 aliphatic rings. The Morgan fingerprint density at radius 1 is 1.14 bits per heavy atom. The van der Waals surface area contributed by atoms with Crippen molar-refractivity contribution in [2.75, 3.05) is 40.4 Å². The first-order valence-corrected chi connectivity index (χ1v) is 7.30. The van der Waals surface area contributed by atoms with Gasteiger partial charge in [-0.05, 0) is 32.1 Å². The molecule has 0 radical (unpaired) electrons. The molecule has 0 bridgehead atoms. The number of nitrogens with zero attached hydrogens (tertiary/aromatic N) is 1. The van der Waals surface area contributed by atoms with E-state index in [2.05, 4.69) is 24.1 Å². The molecule has 0 spiro atoms. The van der Waals surface area contributed by atoms with Gasteiger partial charge in [0, 0.05) is 24.2 Å². The molecular formula is C16H26N2O3. The molecule has 1 N–H and O–H groups in total. The molecule has 5 nitrogen and oxygen atoms in total. The number of amides is 1. The van der Waals surface area contributed by atoms with Gasteiger partial charge in [-0.25, -0.2) is 0 Å². The van der Waals surface area contributed by atoms with Gasteiger partial charge in [-0.15, -0.1) is 0 Å². The third kappa shape index (κ3) is 4.63. The van der Waals surface area contributed by atoms with Crippen LogP contribution in [0, 0.1) is 6.92 Å². The number of benzene rings is 1. The predicted octanol–water partition coefficient (Wildman–Crippen LogP) is 2.08. The molecule has 0 atom stereocenters. The molecule has 1 aromatic rings. The van der Waals surface area contributed by atoms with Gasteiger partial charge < -0.3 is 19.7 Å². The number of ether oxygens (including phenoxy) is 2. The van der Waals surface area contributed by atoms with Crippen LogP contribution in [0.1, 0.15) is 29.8 Å². The monoisotopic (exact) mass is 294 g/mol. The summed E-state index contributed by atoms with van der Waals surface area (Å²) < 4.78 is 10.6. The lowest BCUT2D eigenvalue weighted by Crippen LogP contribution is -2.34. The molecule has 118 valence electrons. The Hall–Kier alpha value is -1.75. The maximum atomic E-state index is 12.2. The summed E-state index contributed by atoms with van der Waals surface area (Å²) >= 11 is 0. The van der Waals surface area contributed by atoms with Crippen LogP contribution in [0.5, 0.6) is 11.5 Å². The van der Waals surface area contributed by atoms with E-state index >= 15 is 0 Å². The molecule has 0 aliphatic heterocycles. The molecule has 5 heteroatoms. The molecule has 1 amide bonds. The molecule has 1 aromatic carbocycles. The number of methoxy groups -OCH3 is 2. The second-order valence-corrected chi connectivity index (χ2v) is 4.79. The largest absolute Gasteiger partial charge is 0.496 e. The lowest BCUT2D eigenvalue weighted by molar-refractivity contribution is 0.0948. The Morgan fingerprint density at radius 2 is 1.67 bits per heavy atom. The molecule has 0 aliphatic carbocycles. The number of rotatable bonds is 8. The van der Waals surface area contributed by atoms with Crippen LogP contribution in [0.2, 0.25) is 0 Å². The summed E-state index contributed by atoms with van der Waals surface area (Å²) in [6, 6.07) is 3.48. The normalized spacial score (nSPS) is 10.6. The highest BCUT2D eigenvalue weighted by atomic mass is 16.5. The predicted molar refractivity (Wildman–Crippen MR) is 84.4 cm³/mol. The van der Waals surface area contributed by atoms with E-state index in [-0.39, 0.29) is 5.91 Å². The summed E-state index contributed by atoms with van der Waals surface area (Å²) in [5, 5.41) is 2.93. The van der Waals surface area contributed by atoms with Gasteiger partial charge in [0.25, 0.3) is 5.91 Å². The average molecular weight is 294 g/mol. The van der Waals surface area contributed by atoms with Crippen molar-refractivity contribution in [1.29, 1.82) is 0 Å². The van der Waals surface area contributed by atoms with Crippen molar-refractivity contribution in [3.63, 3.8) is 0 Å². The molecule has 0 unspecified atom stereocenters. The summed E-state index contributed by atoms with van der Waals surface area (Å²) in [7, 11) is 3.17. The molecule has 0 saturated heterocycles. The van der Waals surface area contributed by atoms with Crippen molar-refractivity contribution in [2.45, 2.75) is 20.8 Å². The van der Waals surface area contributed by atoms with Gasteiger partial charge >= 0.3 is 0 Å². The van der Waals surface area contributed by atoms with E-state index in [4.69, 9.17) is 9.47 Å². The molecule has 1 rings (SSSR count). The van der Waals surface area contributed by atoms with Gasteiger partial charge in [0.05, 0.1) is 14.2 Å². The highest BCUT2D eigenvalue weighted by molar-refractivity contribution is 5.95.